The Bertz CT molecular complexity index is 540. The van der Waals surface area contributed by atoms with Gasteiger partial charge in [-0.2, -0.15) is 4.98 Å². The molecule has 1 atom stereocenters. The minimum absolute atomic E-state index is 0.398. The molecule has 2 rings (SSSR count). The Morgan fingerprint density at radius 1 is 1.32 bits per heavy atom. The maximum absolute atomic E-state index is 9.87. The van der Waals surface area contributed by atoms with Crippen LogP contribution in [0.15, 0.2) is 33.3 Å². The number of aliphatic hydroxyl groups excluding tert-OH is 1. The van der Waals surface area contributed by atoms with Gasteiger partial charge >= 0.3 is 0 Å². The molecule has 1 unspecified atom stereocenters. The zero-order valence-electron chi connectivity index (χ0n) is 11.0. The smallest absolute Gasteiger partial charge is 0.229 e. The third-order valence-corrected chi connectivity index (χ3v) is 3.43. The van der Waals surface area contributed by atoms with E-state index in [2.05, 4.69) is 39.9 Å². The Morgan fingerprint density at radius 3 is 2.74 bits per heavy atom. The van der Waals surface area contributed by atoms with Crippen LogP contribution in [0.1, 0.15) is 26.2 Å². The molecule has 102 valence electrons. The Balaban J connectivity index is 2.09. The zero-order valence-corrected chi connectivity index (χ0v) is 12.6. The van der Waals surface area contributed by atoms with Crippen molar-refractivity contribution in [2.24, 2.45) is 5.92 Å². The molecular weight excluding hydrogens is 308 g/mol. The predicted octanol–water partition coefficient (Wildman–Crippen LogP) is 3.45. The quantitative estimate of drug-likeness (QED) is 0.915. The van der Waals surface area contributed by atoms with Crippen LogP contribution < -0.4 is 0 Å². The van der Waals surface area contributed by atoms with Gasteiger partial charge in [-0.25, -0.2) is 0 Å². The van der Waals surface area contributed by atoms with E-state index in [4.69, 9.17) is 4.52 Å². The van der Waals surface area contributed by atoms with Crippen LogP contribution in [0.3, 0.4) is 0 Å². The molecule has 2 aromatic rings. The molecule has 1 aromatic heterocycles. The third kappa shape index (κ3) is 3.88. The number of benzene rings is 1. The summed E-state index contributed by atoms with van der Waals surface area (Å²) in [7, 11) is 0. The Labute approximate surface area is 121 Å². The number of aliphatic hydroxyl groups is 1. The summed E-state index contributed by atoms with van der Waals surface area (Å²) in [6, 6.07) is 7.70. The van der Waals surface area contributed by atoms with Crippen LogP contribution in [0.25, 0.3) is 11.4 Å². The average molecular weight is 325 g/mol. The first kappa shape index (κ1) is 14.2. The third-order valence-electron chi connectivity index (χ3n) is 2.74. The van der Waals surface area contributed by atoms with Gasteiger partial charge in [0.15, 0.2) is 0 Å². The van der Waals surface area contributed by atoms with Gasteiger partial charge in [0.1, 0.15) is 0 Å². The second-order valence-electron chi connectivity index (χ2n) is 4.98. The standard InChI is InChI=1S/C14H17BrN2O2/c1-9(2)7-10(18)8-13-16-14(17-19-13)11-5-3-4-6-12(11)15/h3-6,9-10,18H,7-8H2,1-2H3. The highest BCUT2D eigenvalue weighted by Gasteiger charge is 2.15. The molecule has 0 radical (unpaired) electrons. The van der Waals surface area contributed by atoms with E-state index in [9.17, 15) is 5.11 Å². The molecule has 0 bridgehead atoms. The SMILES string of the molecule is CC(C)CC(O)Cc1nc(-c2ccccc2Br)no1. The van der Waals surface area contributed by atoms with E-state index in [-0.39, 0.29) is 0 Å². The Kier molecular flexibility index (Phi) is 4.71. The van der Waals surface area contributed by atoms with Gasteiger partial charge in [-0.15, -0.1) is 0 Å². The number of aromatic nitrogens is 2. The molecule has 0 spiro atoms. The van der Waals surface area contributed by atoms with Crippen molar-refractivity contribution in [2.45, 2.75) is 32.8 Å². The fourth-order valence-electron chi connectivity index (χ4n) is 1.92. The van der Waals surface area contributed by atoms with Crippen LogP contribution in [-0.4, -0.2) is 21.4 Å². The lowest BCUT2D eigenvalue weighted by Crippen LogP contribution is -2.13. The van der Waals surface area contributed by atoms with Gasteiger partial charge in [0, 0.05) is 10.0 Å². The van der Waals surface area contributed by atoms with Gasteiger partial charge in [-0.05, 0) is 24.5 Å². The summed E-state index contributed by atoms with van der Waals surface area (Å²) in [5, 5.41) is 13.8. The summed E-state index contributed by atoms with van der Waals surface area (Å²) in [6.45, 7) is 4.15. The normalized spacial score (nSPS) is 12.9. The first-order valence-electron chi connectivity index (χ1n) is 6.32. The van der Waals surface area contributed by atoms with Crippen LogP contribution in [0.2, 0.25) is 0 Å². The molecule has 5 heteroatoms. The van der Waals surface area contributed by atoms with Crippen molar-refractivity contribution in [3.63, 3.8) is 0 Å². The summed E-state index contributed by atoms with van der Waals surface area (Å²) >= 11 is 3.45. The largest absolute Gasteiger partial charge is 0.393 e. The molecule has 0 saturated heterocycles. The van der Waals surface area contributed by atoms with Crippen molar-refractivity contribution in [1.82, 2.24) is 10.1 Å². The van der Waals surface area contributed by atoms with Crippen molar-refractivity contribution in [3.8, 4) is 11.4 Å². The van der Waals surface area contributed by atoms with Gasteiger partial charge in [0.05, 0.1) is 12.5 Å². The second-order valence-corrected chi connectivity index (χ2v) is 5.83. The number of hydrogen-bond donors (Lipinski definition) is 1. The van der Waals surface area contributed by atoms with Crippen LogP contribution in [0.4, 0.5) is 0 Å². The second kappa shape index (κ2) is 6.30. The molecule has 1 N–H and O–H groups in total. The monoisotopic (exact) mass is 324 g/mol. The Morgan fingerprint density at radius 2 is 2.05 bits per heavy atom. The molecule has 4 nitrogen and oxygen atoms in total. The van der Waals surface area contributed by atoms with Crippen LogP contribution in [-0.2, 0) is 6.42 Å². The lowest BCUT2D eigenvalue weighted by molar-refractivity contribution is 0.138. The summed E-state index contributed by atoms with van der Waals surface area (Å²) < 4.78 is 6.11. The summed E-state index contributed by atoms with van der Waals surface area (Å²) in [5.41, 5.74) is 0.885. The molecule has 19 heavy (non-hydrogen) atoms. The summed E-state index contributed by atoms with van der Waals surface area (Å²) in [5.74, 6) is 1.46. The number of rotatable bonds is 5. The minimum Gasteiger partial charge on any atom is -0.393 e. The maximum Gasteiger partial charge on any atom is 0.229 e. The highest BCUT2D eigenvalue weighted by molar-refractivity contribution is 9.10. The zero-order chi connectivity index (χ0) is 13.8. The predicted molar refractivity (Wildman–Crippen MR) is 76.6 cm³/mol. The van der Waals surface area contributed by atoms with Gasteiger partial charge in [0.2, 0.25) is 11.7 Å². The molecule has 1 aromatic carbocycles. The van der Waals surface area contributed by atoms with E-state index in [0.29, 0.717) is 24.1 Å². The van der Waals surface area contributed by atoms with Crippen molar-refractivity contribution >= 4 is 15.9 Å². The van der Waals surface area contributed by atoms with Gasteiger partial charge in [0.25, 0.3) is 0 Å². The van der Waals surface area contributed by atoms with E-state index in [1.165, 1.54) is 0 Å². The molecule has 1 heterocycles. The van der Waals surface area contributed by atoms with E-state index in [1.54, 1.807) is 0 Å². The van der Waals surface area contributed by atoms with E-state index < -0.39 is 6.10 Å². The highest BCUT2D eigenvalue weighted by atomic mass is 79.9. The molecule has 0 aliphatic carbocycles. The fraction of sp³-hybridized carbons (Fsp3) is 0.429. The number of nitrogens with zero attached hydrogens (tertiary/aromatic N) is 2. The minimum atomic E-state index is -0.437. The molecule has 0 amide bonds. The molecular formula is C14H17BrN2O2. The average Bonchev–Trinajstić information content (AvgIpc) is 2.76. The van der Waals surface area contributed by atoms with E-state index in [0.717, 1.165) is 16.5 Å². The lowest BCUT2D eigenvalue weighted by atomic mass is 10.0. The van der Waals surface area contributed by atoms with Gasteiger partial charge < -0.3 is 9.63 Å². The van der Waals surface area contributed by atoms with Crippen molar-refractivity contribution in [2.75, 3.05) is 0 Å². The summed E-state index contributed by atoms with van der Waals surface area (Å²) in [4.78, 5) is 4.32. The molecule has 0 saturated carbocycles. The number of hydrogen-bond acceptors (Lipinski definition) is 4. The van der Waals surface area contributed by atoms with Gasteiger partial charge in [-0.3, -0.25) is 0 Å². The van der Waals surface area contributed by atoms with Crippen LogP contribution in [0, 0.1) is 5.92 Å². The van der Waals surface area contributed by atoms with Crippen molar-refractivity contribution in [1.29, 1.82) is 0 Å². The fourth-order valence-corrected chi connectivity index (χ4v) is 2.38. The lowest BCUT2D eigenvalue weighted by Gasteiger charge is -2.09. The first-order valence-corrected chi connectivity index (χ1v) is 7.11. The number of halogens is 1. The molecule has 0 aliphatic heterocycles. The highest BCUT2D eigenvalue weighted by Crippen LogP contribution is 2.25. The molecule has 0 aliphatic rings. The van der Waals surface area contributed by atoms with Crippen molar-refractivity contribution in [3.05, 3.63) is 34.6 Å². The van der Waals surface area contributed by atoms with Gasteiger partial charge in [-0.1, -0.05) is 47.1 Å². The maximum atomic E-state index is 9.87. The molecule has 0 fully saturated rings. The Hall–Kier alpha value is -1.20. The van der Waals surface area contributed by atoms with E-state index in [1.807, 2.05) is 24.3 Å². The van der Waals surface area contributed by atoms with Crippen LogP contribution >= 0.6 is 15.9 Å². The first-order chi connectivity index (χ1) is 9.06. The van der Waals surface area contributed by atoms with E-state index >= 15 is 0 Å². The van der Waals surface area contributed by atoms with Crippen molar-refractivity contribution < 1.29 is 9.63 Å². The summed E-state index contributed by atoms with van der Waals surface area (Å²) in [6.07, 6.45) is 0.690. The van der Waals surface area contributed by atoms with Crippen LogP contribution in [0.5, 0.6) is 0 Å². The topological polar surface area (TPSA) is 59.2 Å².